The molecule has 0 bridgehead atoms. The van der Waals surface area contributed by atoms with Crippen LogP contribution in [0.1, 0.15) is 73.1 Å². The Morgan fingerprint density at radius 1 is 1.12 bits per heavy atom. The van der Waals surface area contributed by atoms with Crippen molar-refractivity contribution in [1.29, 1.82) is 0 Å². The van der Waals surface area contributed by atoms with Crippen molar-refractivity contribution < 1.29 is 4.79 Å². The normalized spacial score (nSPS) is 25.7. The van der Waals surface area contributed by atoms with E-state index >= 15 is 0 Å². The summed E-state index contributed by atoms with van der Waals surface area (Å²) in [5.41, 5.74) is 3.52. The summed E-state index contributed by atoms with van der Waals surface area (Å²) in [4.78, 5) is 18.2. The number of thioether (sulfide) groups is 1. The van der Waals surface area contributed by atoms with Crippen LogP contribution in [0, 0.1) is 0 Å². The number of hydrogen-bond acceptors (Lipinski definition) is 5. The third kappa shape index (κ3) is 4.92. The molecule has 33 heavy (non-hydrogen) atoms. The lowest BCUT2D eigenvalue weighted by atomic mass is 9.88. The van der Waals surface area contributed by atoms with E-state index in [1.165, 1.54) is 69.3 Å². The number of aromatic nitrogens is 2. The number of amides is 1. The quantitative estimate of drug-likeness (QED) is 0.617. The maximum atomic E-state index is 13.4. The Morgan fingerprint density at radius 2 is 1.88 bits per heavy atom. The number of carbonyl (C=O) groups excluding carboxylic acids is 1. The largest absolute Gasteiger partial charge is 0.336 e. The fourth-order valence-corrected chi connectivity index (χ4v) is 7.47. The summed E-state index contributed by atoms with van der Waals surface area (Å²) in [6.45, 7) is 9.92. The highest BCUT2D eigenvalue weighted by atomic mass is 32.2. The fraction of sp³-hybridized carbons (Fsp3) is 0.769. The van der Waals surface area contributed by atoms with Crippen LogP contribution in [-0.2, 0) is 19.4 Å². The minimum Gasteiger partial charge on any atom is -0.336 e. The fourth-order valence-electron chi connectivity index (χ4n) is 6.56. The number of rotatable bonds is 7. The molecule has 0 radical (unpaired) electrons. The molecule has 6 nitrogen and oxygen atoms in total. The van der Waals surface area contributed by atoms with Crippen LogP contribution in [0.25, 0.3) is 0 Å². The first-order valence-corrected chi connectivity index (χ1v) is 14.4. The Morgan fingerprint density at radius 3 is 2.61 bits per heavy atom. The molecule has 0 aromatic carbocycles. The second-order valence-electron chi connectivity index (χ2n) is 10.4. The van der Waals surface area contributed by atoms with Gasteiger partial charge in [-0.05, 0) is 58.0 Å². The highest BCUT2D eigenvalue weighted by Gasteiger charge is 2.40. The highest BCUT2D eigenvalue weighted by Crippen LogP contribution is 2.37. The van der Waals surface area contributed by atoms with Crippen molar-refractivity contribution in [2.24, 2.45) is 0 Å². The van der Waals surface area contributed by atoms with Gasteiger partial charge in [0.2, 0.25) is 0 Å². The van der Waals surface area contributed by atoms with E-state index in [9.17, 15) is 4.79 Å². The third-order valence-corrected chi connectivity index (χ3v) is 9.37. The van der Waals surface area contributed by atoms with E-state index in [-0.39, 0.29) is 5.91 Å². The van der Waals surface area contributed by atoms with Crippen LogP contribution in [0.2, 0.25) is 0 Å². The van der Waals surface area contributed by atoms with E-state index in [4.69, 9.17) is 5.10 Å². The van der Waals surface area contributed by atoms with Gasteiger partial charge in [0.25, 0.3) is 5.91 Å². The topological polar surface area (TPSA) is 53.4 Å². The summed E-state index contributed by atoms with van der Waals surface area (Å²) in [6.07, 6.45) is 14.5. The molecule has 0 spiro atoms. The van der Waals surface area contributed by atoms with Crippen LogP contribution >= 0.6 is 11.8 Å². The van der Waals surface area contributed by atoms with Gasteiger partial charge in [-0.3, -0.25) is 14.4 Å². The summed E-state index contributed by atoms with van der Waals surface area (Å²) >= 11 is 1.94. The molecule has 1 N–H and O–H groups in total. The Bertz CT molecular complexity index is 834. The van der Waals surface area contributed by atoms with Crippen LogP contribution in [0.15, 0.2) is 12.7 Å². The van der Waals surface area contributed by atoms with Gasteiger partial charge in [-0.1, -0.05) is 25.3 Å². The second-order valence-corrected chi connectivity index (χ2v) is 11.7. The van der Waals surface area contributed by atoms with Crippen LogP contribution in [-0.4, -0.2) is 81.3 Å². The average Bonchev–Trinajstić information content (AvgIpc) is 3.49. The van der Waals surface area contributed by atoms with Crippen molar-refractivity contribution in [3.63, 3.8) is 0 Å². The molecule has 7 heteroatoms. The third-order valence-electron chi connectivity index (χ3n) is 8.43. The molecular weight excluding hydrogens is 430 g/mol. The van der Waals surface area contributed by atoms with Crippen LogP contribution < -0.4 is 5.32 Å². The first kappa shape index (κ1) is 23.4. The molecule has 1 aromatic heterocycles. The standard InChI is InChI=1S/C26H41N5OS/c1-2-12-31-23-9-8-21(19-22(23)24(28-31)25(32)29-15-17-33-18-16-29)27-20-26(10-4-5-11-26)30-13-6-3-7-14-30/h2,21,27H,1,3-20H2. The number of piperidine rings is 1. The second kappa shape index (κ2) is 10.5. The maximum absolute atomic E-state index is 13.4. The van der Waals surface area contributed by atoms with Crippen molar-refractivity contribution in [1.82, 2.24) is 24.9 Å². The van der Waals surface area contributed by atoms with E-state index in [2.05, 4.69) is 16.8 Å². The molecule has 1 aromatic rings. The lowest BCUT2D eigenvalue weighted by Crippen LogP contribution is -2.56. The number of likely N-dealkylation sites (tertiary alicyclic amines) is 1. The molecule has 1 saturated carbocycles. The summed E-state index contributed by atoms with van der Waals surface area (Å²) < 4.78 is 2.04. The molecule has 1 unspecified atom stereocenters. The van der Waals surface area contributed by atoms with Gasteiger partial charge in [-0.25, -0.2) is 0 Å². The van der Waals surface area contributed by atoms with E-state index in [0.29, 0.717) is 23.8 Å². The Balaban J connectivity index is 1.31. The van der Waals surface area contributed by atoms with Gasteiger partial charge in [0.1, 0.15) is 0 Å². The molecule has 2 aliphatic heterocycles. The molecule has 2 aliphatic carbocycles. The van der Waals surface area contributed by atoms with Crippen LogP contribution in [0.4, 0.5) is 0 Å². The lowest BCUT2D eigenvalue weighted by Gasteiger charge is -2.44. The summed E-state index contributed by atoms with van der Waals surface area (Å²) in [7, 11) is 0. The Hall–Kier alpha value is -1.31. The van der Waals surface area contributed by atoms with Crippen LogP contribution in [0.5, 0.6) is 0 Å². The number of nitrogens with one attached hydrogen (secondary N) is 1. The molecule has 1 amide bonds. The minimum absolute atomic E-state index is 0.135. The Labute approximate surface area is 203 Å². The molecule has 3 heterocycles. The Kier molecular flexibility index (Phi) is 7.48. The number of carbonyl (C=O) groups is 1. The predicted octanol–water partition coefficient (Wildman–Crippen LogP) is 3.50. The smallest absolute Gasteiger partial charge is 0.274 e. The van der Waals surface area contributed by atoms with E-state index in [0.717, 1.165) is 50.4 Å². The zero-order valence-electron chi connectivity index (χ0n) is 20.2. The van der Waals surface area contributed by atoms with Gasteiger partial charge in [0, 0.05) is 54.0 Å². The number of fused-ring (bicyclic) bond motifs is 1. The van der Waals surface area contributed by atoms with Gasteiger partial charge in [-0.2, -0.15) is 16.9 Å². The van der Waals surface area contributed by atoms with Crippen molar-refractivity contribution in [2.75, 3.05) is 44.2 Å². The van der Waals surface area contributed by atoms with Crippen molar-refractivity contribution in [2.45, 2.75) is 82.3 Å². The average molecular weight is 472 g/mol. The first-order valence-electron chi connectivity index (χ1n) is 13.3. The first-order chi connectivity index (χ1) is 16.2. The van der Waals surface area contributed by atoms with Gasteiger partial charge >= 0.3 is 0 Å². The maximum Gasteiger partial charge on any atom is 0.274 e. The zero-order valence-corrected chi connectivity index (χ0v) is 21.0. The molecule has 5 rings (SSSR count). The monoisotopic (exact) mass is 471 g/mol. The van der Waals surface area contributed by atoms with Gasteiger partial charge in [-0.15, -0.1) is 6.58 Å². The summed E-state index contributed by atoms with van der Waals surface area (Å²) in [5.74, 6) is 2.20. The summed E-state index contributed by atoms with van der Waals surface area (Å²) in [6, 6.07) is 0.435. The number of allylic oxidation sites excluding steroid dienone is 1. The predicted molar refractivity (Wildman–Crippen MR) is 136 cm³/mol. The SMILES string of the molecule is C=CCn1nc(C(=O)N2CCSCC2)c2c1CCC(NCC1(N3CCCCC3)CCCC1)C2. The number of nitrogens with zero attached hydrogens (tertiary/aromatic N) is 4. The molecule has 182 valence electrons. The van der Waals surface area contributed by atoms with Crippen molar-refractivity contribution >= 4 is 17.7 Å². The van der Waals surface area contributed by atoms with E-state index in [1.54, 1.807) is 0 Å². The molecular formula is C26H41N5OS. The van der Waals surface area contributed by atoms with Crippen molar-refractivity contribution in [3.8, 4) is 0 Å². The minimum atomic E-state index is 0.135. The number of hydrogen-bond donors (Lipinski definition) is 1. The van der Waals surface area contributed by atoms with E-state index in [1.807, 2.05) is 27.4 Å². The van der Waals surface area contributed by atoms with Crippen LogP contribution in [0.3, 0.4) is 0 Å². The zero-order chi connectivity index (χ0) is 22.7. The van der Waals surface area contributed by atoms with E-state index < -0.39 is 0 Å². The van der Waals surface area contributed by atoms with Gasteiger partial charge in [0.15, 0.2) is 5.69 Å². The molecule has 1 atom stereocenters. The molecule has 3 fully saturated rings. The highest BCUT2D eigenvalue weighted by molar-refractivity contribution is 7.99. The summed E-state index contributed by atoms with van der Waals surface area (Å²) in [5, 5.41) is 8.83. The van der Waals surface area contributed by atoms with Crippen molar-refractivity contribution in [3.05, 3.63) is 29.6 Å². The lowest BCUT2D eigenvalue weighted by molar-refractivity contribution is 0.0667. The molecule has 2 saturated heterocycles. The molecule has 4 aliphatic rings. The van der Waals surface area contributed by atoms with Gasteiger partial charge in [0.05, 0.1) is 6.54 Å². The van der Waals surface area contributed by atoms with Gasteiger partial charge < -0.3 is 10.2 Å².